The SMILES string of the molecule is CC(C)(C)OC(=O)N1CCN[C@@H](C(=O)NCCc2cncn2Cc2ccc(Cl)cc2)C1.NCCc1cncn1Cc1ccc(Cl)cc1. The van der Waals surface area contributed by atoms with Crippen molar-refractivity contribution in [2.45, 2.75) is 58.3 Å². The van der Waals surface area contributed by atoms with Gasteiger partial charge >= 0.3 is 6.09 Å². The highest BCUT2D eigenvalue weighted by atomic mass is 35.5. The van der Waals surface area contributed by atoms with Crippen LogP contribution in [0.4, 0.5) is 4.79 Å². The van der Waals surface area contributed by atoms with E-state index in [1.807, 2.05) is 88.0 Å². The Kier molecular flexibility index (Phi) is 13.2. The first-order chi connectivity index (χ1) is 22.5. The molecule has 2 aromatic carbocycles. The molecule has 47 heavy (non-hydrogen) atoms. The van der Waals surface area contributed by atoms with E-state index in [9.17, 15) is 9.59 Å². The van der Waals surface area contributed by atoms with Crippen LogP contribution in [0, 0.1) is 0 Å². The summed E-state index contributed by atoms with van der Waals surface area (Å²) in [6, 6.07) is 15.1. The lowest BCUT2D eigenvalue weighted by Crippen LogP contribution is -2.59. The number of hydrogen-bond donors (Lipinski definition) is 3. The Labute approximate surface area is 286 Å². The van der Waals surface area contributed by atoms with Gasteiger partial charge in [0, 0.05) is 85.9 Å². The molecule has 1 atom stereocenters. The molecule has 2 amide bonds. The lowest BCUT2D eigenvalue weighted by Gasteiger charge is -2.34. The third kappa shape index (κ3) is 11.7. The zero-order valence-corrected chi connectivity index (χ0v) is 28.7. The highest BCUT2D eigenvalue weighted by Gasteiger charge is 2.30. The zero-order valence-electron chi connectivity index (χ0n) is 27.2. The van der Waals surface area contributed by atoms with Crippen molar-refractivity contribution in [2.24, 2.45) is 5.73 Å². The lowest BCUT2D eigenvalue weighted by atomic mass is 10.2. The van der Waals surface area contributed by atoms with Crippen LogP contribution in [-0.4, -0.2) is 80.4 Å². The Hall–Kier alpha value is -3.90. The average Bonchev–Trinajstić information content (AvgIpc) is 3.68. The van der Waals surface area contributed by atoms with Gasteiger partial charge in [0.05, 0.1) is 12.7 Å². The summed E-state index contributed by atoms with van der Waals surface area (Å²) in [4.78, 5) is 34.8. The van der Waals surface area contributed by atoms with Crippen LogP contribution in [0.25, 0.3) is 0 Å². The molecule has 1 aliphatic rings. The number of ether oxygens (including phenoxy) is 1. The molecular weight excluding hydrogens is 639 g/mol. The number of nitrogens with two attached hydrogens (primary N) is 1. The fraction of sp³-hybridized carbons (Fsp3) is 0.412. The molecular formula is C34H44Cl2N8O3. The maximum absolute atomic E-state index is 12.6. The average molecular weight is 684 g/mol. The number of amides is 2. The minimum atomic E-state index is -0.561. The second-order valence-corrected chi connectivity index (χ2v) is 13.2. The van der Waals surface area contributed by atoms with Crippen LogP contribution in [0.2, 0.25) is 10.0 Å². The summed E-state index contributed by atoms with van der Waals surface area (Å²) in [5.74, 6) is -0.128. The molecule has 0 spiro atoms. The summed E-state index contributed by atoms with van der Waals surface area (Å²) in [6.45, 7) is 9.46. The maximum atomic E-state index is 12.6. The first-order valence-electron chi connectivity index (χ1n) is 15.7. The van der Waals surface area contributed by atoms with Gasteiger partial charge in [-0.1, -0.05) is 47.5 Å². The summed E-state index contributed by atoms with van der Waals surface area (Å²) in [6.07, 6.45) is 8.41. The first kappa shape index (κ1) is 35.9. The standard InChI is InChI=1S/C22H30ClN5O3.C12H14ClN3/c1-22(2,3)31-21(30)27-11-10-25-19(14-27)20(29)26-9-8-18-12-24-15-28(18)13-16-4-6-17(23)7-5-16;13-11-3-1-10(2-4-11)8-16-9-15-7-12(16)5-6-14/h4-7,12,15,19,25H,8-11,13-14H2,1-3H3,(H,26,29);1-4,7,9H,5-6,8,14H2/t19-;/m1./s1. The number of nitrogens with zero attached hydrogens (tertiary/aromatic N) is 5. The van der Waals surface area contributed by atoms with E-state index in [1.54, 1.807) is 11.2 Å². The molecule has 13 heteroatoms. The molecule has 3 heterocycles. The van der Waals surface area contributed by atoms with E-state index < -0.39 is 17.7 Å². The Morgan fingerprint density at radius 1 is 0.915 bits per heavy atom. The van der Waals surface area contributed by atoms with E-state index in [-0.39, 0.29) is 12.5 Å². The van der Waals surface area contributed by atoms with Gasteiger partial charge in [-0.2, -0.15) is 0 Å². The van der Waals surface area contributed by atoms with Crippen LogP contribution in [0.5, 0.6) is 0 Å². The van der Waals surface area contributed by atoms with Crippen molar-refractivity contribution >= 4 is 35.2 Å². The third-order valence-electron chi connectivity index (χ3n) is 7.35. The second-order valence-electron chi connectivity index (χ2n) is 12.3. The molecule has 2 aromatic heterocycles. The van der Waals surface area contributed by atoms with E-state index in [0.717, 1.165) is 34.9 Å². The molecule has 1 fully saturated rings. The number of imidazole rings is 2. The topological polar surface area (TPSA) is 132 Å². The summed E-state index contributed by atoms with van der Waals surface area (Å²) >= 11 is 11.8. The molecule has 4 aromatic rings. The Balaban J connectivity index is 0.000000261. The summed E-state index contributed by atoms with van der Waals surface area (Å²) in [5, 5.41) is 7.60. The van der Waals surface area contributed by atoms with E-state index in [4.69, 9.17) is 33.7 Å². The predicted molar refractivity (Wildman–Crippen MR) is 185 cm³/mol. The monoisotopic (exact) mass is 682 g/mol. The van der Waals surface area contributed by atoms with Gasteiger partial charge in [-0.05, 0) is 62.7 Å². The minimum Gasteiger partial charge on any atom is -0.444 e. The van der Waals surface area contributed by atoms with E-state index >= 15 is 0 Å². The quantitative estimate of drug-likeness (QED) is 0.224. The summed E-state index contributed by atoms with van der Waals surface area (Å²) in [5.41, 5.74) is 9.51. The molecule has 0 unspecified atom stereocenters. The number of benzene rings is 2. The van der Waals surface area contributed by atoms with E-state index in [1.165, 1.54) is 5.56 Å². The van der Waals surface area contributed by atoms with Crippen molar-refractivity contribution in [3.63, 3.8) is 0 Å². The van der Waals surface area contributed by atoms with E-state index in [0.29, 0.717) is 44.2 Å². The second kappa shape index (κ2) is 17.3. The van der Waals surface area contributed by atoms with Crippen molar-refractivity contribution in [3.05, 3.63) is 106 Å². The highest BCUT2D eigenvalue weighted by molar-refractivity contribution is 6.30. The Morgan fingerprint density at radius 3 is 1.96 bits per heavy atom. The van der Waals surface area contributed by atoms with Crippen LogP contribution in [0.1, 0.15) is 43.3 Å². The van der Waals surface area contributed by atoms with Crippen LogP contribution < -0.4 is 16.4 Å². The number of halogens is 2. The molecule has 1 saturated heterocycles. The van der Waals surface area contributed by atoms with Crippen LogP contribution >= 0.6 is 23.2 Å². The Morgan fingerprint density at radius 2 is 1.45 bits per heavy atom. The molecule has 1 aliphatic heterocycles. The normalized spacial score (nSPS) is 14.7. The number of nitrogens with one attached hydrogen (secondary N) is 2. The fourth-order valence-electron chi connectivity index (χ4n) is 4.97. The highest BCUT2D eigenvalue weighted by Crippen LogP contribution is 2.14. The van der Waals surface area contributed by atoms with Gasteiger partial charge in [-0.15, -0.1) is 0 Å². The van der Waals surface area contributed by atoms with Gasteiger partial charge in [0.1, 0.15) is 11.6 Å². The predicted octanol–water partition coefficient (Wildman–Crippen LogP) is 4.54. The van der Waals surface area contributed by atoms with Crippen LogP contribution in [0.3, 0.4) is 0 Å². The van der Waals surface area contributed by atoms with Crippen molar-refractivity contribution < 1.29 is 14.3 Å². The Bertz CT molecular complexity index is 1570. The molecule has 5 rings (SSSR count). The first-order valence-corrected chi connectivity index (χ1v) is 16.4. The fourth-order valence-corrected chi connectivity index (χ4v) is 5.23. The smallest absolute Gasteiger partial charge is 0.410 e. The molecule has 11 nitrogen and oxygen atoms in total. The zero-order chi connectivity index (χ0) is 33.8. The molecule has 0 radical (unpaired) electrons. The van der Waals surface area contributed by atoms with Gasteiger partial charge in [-0.3, -0.25) is 4.79 Å². The molecule has 0 aliphatic carbocycles. The van der Waals surface area contributed by atoms with Crippen LogP contribution in [0.15, 0.2) is 73.6 Å². The van der Waals surface area contributed by atoms with Crippen molar-refractivity contribution in [2.75, 3.05) is 32.7 Å². The van der Waals surface area contributed by atoms with Gasteiger partial charge in [0.2, 0.25) is 5.91 Å². The number of carbonyl (C=O) groups is 2. The molecule has 0 bridgehead atoms. The van der Waals surface area contributed by atoms with E-state index in [2.05, 4.69) is 29.7 Å². The molecule has 4 N–H and O–H groups in total. The van der Waals surface area contributed by atoms with Crippen molar-refractivity contribution in [3.8, 4) is 0 Å². The van der Waals surface area contributed by atoms with Crippen molar-refractivity contribution in [1.82, 2.24) is 34.6 Å². The lowest BCUT2D eigenvalue weighted by molar-refractivity contribution is -0.124. The molecule has 252 valence electrons. The van der Waals surface area contributed by atoms with Gasteiger partial charge < -0.3 is 35.1 Å². The van der Waals surface area contributed by atoms with Gasteiger partial charge in [-0.25, -0.2) is 14.8 Å². The van der Waals surface area contributed by atoms with Gasteiger partial charge in [0.25, 0.3) is 0 Å². The number of rotatable bonds is 10. The summed E-state index contributed by atoms with van der Waals surface area (Å²) in [7, 11) is 0. The number of carbonyl (C=O) groups excluding carboxylic acids is 2. The largest absolute Gasteiger partial charge is 0.444 e. The maximum Gasteiger partial charge on any atom is 0.410 e. The number of hydrogen-bond acceptors (Lipinski definition) is 7. The minimum absolute atomic E-state index is 0.128. The molecule has 0 saturated carbocycles. The van der Waals surface area contributed by atoms with Crippen LogP contribution in [-0.2, 0) is 35.5 Å². The third-order valence-corrected chi connectivity index (χ3v) is 7.86. The number of piperazine rings is 1. The summed E-state index contributed by atoms with van der Waals surface area (Å²) < 4.78 is 9.58. The van der Waals surface area contributed by atoms with Crippen molar-refractivity contribution in [1.29, 1.82) is 0 Å². The number of aromatic nitrogens is 4. The van der Waals surface area contributed by atoms with Gasteiger partial charge in [0.15, 0.2) is 0 Å².